The van der Waals surface area contributed by atoms with Gasteiger partial charge in [0.15, 0.2) is 5.79 Å². The van der Waals surface area contributed by atoms with E-state index in [-0.39, 0.29) is 35.7 Å². The van der Waals surface area contributed by atoms with Crippen LogP contribution in [0.5, 0.6) is 5.75 Å². The maximum atomic E-state index is 17.1. The molecule has 378 valence electrons. The Morgan fingerprint density at radius 2 is 1.51 bits per heavy atom. The summed E-state index contributed by atoms with van der Waals surface area (Å²) < 4.78 is 48.1. The summed E-state index contributed by atoms with van der Waals surface area (Å²) >= 11 is 1.67. The predicted octanol–water partition coefficient (Wildman–Crippen LogP) is 8.06. The van der Waals surface area contributed by atoms with Crippen molar-refractivity contribution in [3.63, 3.8) is 0 Å². The third-order valence-electron chi connectivity index (χ3n) is 15.3. The molecule has 11 rings (SSSR count). The highest BCUT2D eigenvalue weighted by Crippen LogP contribution is 2.50. The number of nitrogens with one attached hydrogen (secondary N) is 2. The number of hydrogen-bond donors (Lipinski definition) is 2. The van der Waals surface area contributed by atoms with E-state index < -0.39 is 42.1 Å². The molecule has 0 bridgehead atoms. The van der Waals surface area contributed by atoms with E-state index in [4.69, 9.17) is 33.7 Å². The van der Waals surface area contributed by atoms with Gasteiger partial charge in [0.25, 0.3) is 0 Å². The van der Waals surface area contributed by atoms with Crippen LogP contribution in [0.15, 0.2) is 64.7 Å². The molecule has 2 aromatic carbocycles. The Kier molecular flexibility index (Phi) is 12.6. The van der Waals surface area contributed by atoms with Gasteiger partial charge in [-0.25, -0.2) is 14.0 Å². The van der Waals surface area contributed by atoms with E-state index >= 15 is 4.39 Å². The number of aromatic nitrogens is 1. The number of alkyl carbamates (subject to hydrolysis) is 2. The van der Waals surface area contributed by atoms with Crippen LogP contribution in [0.25, 0.3) is 33.3 Å². The van der Waals surface area contributed by atoms with Crippen LogP contribution in [0, 0.1) is 17.7 Å². The molecule has 2 N–H and O–H groups in total. The topological polar surface area (TPSA) is 175 Å². The van der Waals surface area contributed by atoms with Crippen molar-refractivity contribution in [1.82, 2.24) is 25.0 Å². The summed E-state index contributed by atoms with van der Waals surface area (Å²) in [6, 6.07) is 12.0. The molecule has 0 saturated carbocycles. The van der Waals surface area contributed by atoms with Crippen LogP contribution in [-0.2, 0) is 41.4 Å². The van der Waals surface area contributed by atoms with E-state index in [1.165, 1.54) is 24.7 Å². The largest absolute Gasteiger partial charge is 0.464 e. The number of likely N-dealkylation sites (tertiary alicyclic amines) is 2. The predicted molar refractivity (Wildman–Crippen MR) is 271 cm³/mol. The first kappa shape index (κ1) is 47.9. The van der Waals surface area contributed by atoms with E-state index in [1.807, 2.05) is 57.0 Å². The molecule has 3 saturated heterocycles. The fourth-order valence-electron chi connectivity index (χ4n) is 11.7. The molecule has 2 aromatic heterocycles. The zero-order chi connectivity index (χ0) is 50.2. The zero-order valence-corrected chi connectivity index (χ0v) is 42.2. The minimum absolute atomic E-state index is 0.136. The Morgan fingerprint density at radius 1 is 0.833 bits per heavy atom. The van der Waals surface area contributed by atoms with Gasteiger partial charge in [-0.15, -0.1) is 11.3 Å². The summed E-state index contributed by atoms with van der Waals surface area (Å²) in [6.45, 7) is 10.2. The smallest absolute Gasteiger partial charge is 0.407 e. The van der Waals surface area contributed by atoms with Crippen molar-refractivity contribution in [3.05, 3.63) is 87.0 Å². The van der Waals surface area contributed by atoms with Crippen LogP contribution in [0.2, 0.25) is 0 Å². The summed E-state index contributed by atoms with van der Waals surface area (Å²) in [5, 5.41) is 6.36. The average Bonchev–Trinajstić information content (AvgIpc) is 4.22. The number of allylic oxidation sites excluding steroid dienone is 1. The van der Waals surface area contributed by atoms with Gasteiger partial charge < -0.3 is 44.1 Å². The number of hydrogen-bond acceptors (Lipinski definition) is 12. The second-order valence-electron chi connectivity index (χ2n) is 20.5. The lowest BCUT2D eigenvalue weighted by Crippen LogP contribution is -2.53. The van der Waals surface area contributed by atoms with Crippen molar-refractivity contribution in [1.29, 1.82) is 0 Å². The summed E-state index contributed by atoms with van der Waals surface area (Å²) in [4.78, 5) is 67.8. The van der Waals surface area contributed by atoms with Crippen molar-refractivity contribution in [2.75, 3.05) is 47.1 Å². The maximum Gasteiger partial charge on any atom is 0.407 e. The molecule has 18 heteroatoms. The van der Waals surface area contributed by atoms with Crippen molar-refractivity contribution < 1.29 is 47.3 Å². The van der Waals surface area contributed by atoms with Gasteiger partial charge >= 0.3 is 12.2 Å². The quantitative estimate of drug-likeness (QED) is 0.151. The number of nitrogens with zero attached hydrogens (tertiary/aromatic N) is 5. The molecule has 72 heavy (non-hydrogen) atoms. The summed E-state index contributed by atoms with van der Waals surface area (Å²) in [5.41, 5.74) is 8.24. The minimum atomic E-state index is -0.753. The van der Waals surface area contributed by atoms with Crippen LogP contribution in [-0.4, -0.2) is 127 Å². The third kappa shape index (κ3) is 8.47. The number of amides is 4. The summed E-state index contributed by atoms with van der Waals surface area (Å²) in [6.07, 6.45) is 6.96. The average molecular weight is 1000 g/mol. The Hall–Kier alpha value is -6.37. The molecule has 6 aliphatic heterocycles. The number of aliphatic imine (C=N–C) groups is 2. The number of fused-ring (bicyclic) bond motifs is 6. The lowest BCUT2D eigenvalue weighted by Gasteiger charge is -2.31. The Morgan fingerprint density at radius 3 is 2.18 bits per heavy atom. The van der Waals surface area contributed by atoms with E-state index in [1.54, 1.807) is 22.3 Å². The van der Waals surface area contributed by atoms with Crippen LogP contribution in [0.3, 0.4) is 0 Å². The van der Waals surface area contributed by atoms with Gasteiger partial charge in [-0.2, -0.15) is 0 Å². The van der Waals surface area contributed by atoms with Gasteiger partial charge in [0.05, 0.1) is 73.4 Å². The number of halogens is 1. The number of methoxy groups -OCH3 is 2. The highest BCUT2D eigenvalue weighted by Gasteiger charge is 2.46. The first-order valence-corrected chi connectivity index (χ1v) is 25.9. The molecule has 4 aromatic rings. The minimum Gasteiger partial charge on any atom is -0.464 e. The summed E-state index contributed by atoms with van der Waals surface area (Å²) in [7, 11) is 2.57. The number of rotatable bonds is 11. The molecule has 3 fully saturated rings. The molecular formula is C54H60FN7O9S. The Labute approximate surface area is 421 Å². The molecule has 1 aliphatic carbocycles. The van der Waals surface area contributed by atoms with Crippen LogP contribution < -0.4 is 15.4 Å². The fourth-order valence-corrected chi connectivity index (χ4v) is 13.0. The second-order valence-corrected chi connectivity index (χ2v) is 21.7. The number of benzene rings is 2. The van der Waals surface area contributed by atoms with Crippen LogP contribution in [0.1, 0.15) is 92.5 Å². The van der Waals surface area contributed by atoms with Crippen molar-refractivity contribution >= 4 is 68.8 Å². The second kappa shape index (κ2) is 18.9. The van der Waals surface area contributed by atoms with Crippen molar-refractivity contribution in [2.24, 2.45) is 21.8 Å². The standard InChI is InChI=1S/C54H60FN7O9S/c1-28(2)47(58-52(65)67-5)49(63)60-13-7-9-40(60)37-19-34(26-56-37)30-11-12-39-32(17-30)21-42-46-36(55)18-31(22-43(46)71-51(62(39)42)44-23-33-24-54(25-45(33)72-44)69-15-16-70-54)35-20-38(57-27-35)41-10-8-14-61(41)50(64)48(29(3)4)59-53(66)68-6/h11-12,17-18,20-23,26,28-29,40-41,47-48,51H,7-10,13-16,19,24-25,27H2,1-6H3,(H,58,65)(H,59,66)/t40-,41-,47-,48-,51?/m0/s1. The number of ether oxygens (including phenoxy) is 5. The van der Waals surface area contributed by atoms with Crippen LogP contribution >= 0.6 is 11.3 Å². The third-order valence-corrected chi connectivity index (χ3v) is 16.5. The van der Waals surface area contributed by atoms with Crippen LogP contribution in [0.4, 0.5) is 14.0 Å². The SMILES string of the molecule is COC(=O)N[C@H](C(=O)N1CCC[C@H]1C1=NCC(c2cc(F)c3c(c2)OC(c2cc4c(s2)CC2(C4)OCCO2)n2c-3cc3cc(C4=CN=C([C@@H]5CCCN5C(=O)[C@@H](NC(=O)OC)C(C)C)C4)ccc32)=C1)C(C)C. The Balaban J connectivity index is 0.891. The number of carbonyl (C=O) groups is 4. The Bertz CT molecular complexity index is 2990. The molecule has 8 heterocycles. The molecular weight excluding hydrogens is 942 g/mol. The maximum absolute atomic E-state index is 17.1. The number of carbonyl (C=O) groups excluding carboxylic acids is 4. The van der Waals surface area contributed by atoms with Gasteiger partial charge in [-0.3, -0.25) is 24.1 Å². The van der Waals surface area contributed by atoms with Gasteiger partial charge in [0.2, 0.25) is 18.0 Å². The first-order valence-electron chi connectivity index (χ1n) is 25.1. The first-order chi connectivity index (χ1) is 34.7. The normalized spacial score (nSPS) is 22.6. The lowest BCUT2D eigenvalue weighted by atomic mass is 9.96. The highest BCUT2D eigenvalue weighted by atomic mass is 32.1. The molecule has 1 unspecified atom stereocenters. The highest BCUT2D eigenvalue weighted by molar-refractivity contribution is 7.12. The number of thiophene rings is 1. The monoisotopic (exact) mass is 1000 g/mol. The fraction of sp³-hybridized carbons (Fsp3) is 0.481. The molecule has 4 amide bonds. The van der Waals surface area contributed by atoms with Crippen molar-refractivity contribution in [2.45, 2.75) is 109 Å². The summed E-state index contributed by atoms with van der Waals surface area (Å²) in [5.74, 6) is -1.24. The van der Waals surface area contributed by atoms with E-state index in [0.29, 0.717) is 74.7 Å². The molecule has 7 aliphatic rings. The molecule has 16 nitrogen and oxygen atoms in total. The van der Waals surface area contributed by atoms with E-state index in [2.05, 4.69) is 39.5 Å². The van der Waals surface area contributed by atoms with Gasteiger partial charge in [0.1, 0.15) is 23.7 Å². The van der Waals surface area contributed by atoms with E-state index in [0.717, 1.165) is 69.6 Å². The van der Waals surface area contributed by atoms with E-state index in [9.17, 15) is 19.2 Å². The lowest BCUT2D eigenvalue weighted by molar-refractivity contribution is -0.147. The van der Waals surface area contributed by atoms with Gasteiger partial charge in [0, 0.05) is 54.5 Å². The van der Waals surface area contributed by atoms with Gasteiger partial charge in [-0.05, 0) is 108 Å². The molecule has 0 radical (unpaired) electrons. The molecule has 1 spiro atoms. The van der Waals surface area contributed by atoms with Crippen molar-refractivity contribution in [3.8, 4) is 17.0 Å². The zero-order valence-electron chi connectivity index (χ0n) is 41.4. The molecule has 5 atom stereocenters. The van der Waals surface area contributed by atoms with Gasteiger partial charge in [-0.1, -0.05) is 33.8 Å².